The zero-order chi connectivity index (χ0) is 9.19. The van der Waals surface area contributed by atoms with Gasteiger partial charge in [0, 0.05) is 6.20 Å². The number of hydrogen-bond donors (Lipinski definition) is 0. The molecule has 0 unspecified atom stereocenters. The Labute approximate surface area is 78.8 Å². The molecule has 0 radical (unpaired) electrons. The van der Waals surface area contributed by atoms with Gasteiger partial charge in [0.2, 0.25) is 0 Å². The predicted octanol–water partition coefficient (Wildman–Crippen LogP) is 3.32. The molecule has 1 rings (SSSR count). The second-order valence-electron chi connectivity index (χ2n) is 4.23. The highest BCUT2D eigenvalue weighted by Crippen LogP contribution is 2.20. The SMILES string of the molecule is CC(C)(C)Cc1ccc(Cl)nc1. The lowest BCUT2D eigenvalue weighted by Gasteiger charge is -2.17. The Bertz CT molecular complexity index is 246. The van der Waals surface area contributed by atoms with Gasteiger partial charge in [-0.1, -0.05) is 38.4 Å². The van der Waals surface area contributed by atoms with E-state index in [9.17, 15) is 0 Å². The number of pyridine rings is 1. The zero-order valence-electron chi connectivity index (χ0n) is 7.76. The molecule has 1 nitrogen and oxygen atoms in total. The largest absolute Gasteiger partial charge is 0.244 e. The highest BCUT2D eigenvalue weighted by Gasteiger charge is 2.10. The van der Waals surface area contributed by atoms with Crippen molar-refractivity contribution in [2.75, 3.05) is 0 Å². The Hall–Kier alpha value is -0.560. The van der Waals surface area contributed by atoms with Gasteiger partial charge < -0.3 is 0 Å². The van der Waals surface area contributed by atoms with E-state index >= 15 is 0 Å². The molecule has 12 heavy (non-hydrogen) atoms. The van der Waals surface area contributed by atoms with Crippen LogP contribution in [0, 0.1) is 5.41 Å². The van der Waals surface area contributed by atoms with Gasteiger partial charge in [0.15, 0.2) is 0 Å². The molecule has 0 aromatic carbocycles. The van der Waals surface area contributed by atoms with Crippen LogP contribution in [-0.2, 0) is 6.42 Å². The third-order valence-electron chi connectivity index (χ3n) is 1.52. The fourth-order valence-electron chi connectivity index (χ4n) is 1.12. The van der Waals surface area contributed by atoms with Crippen LogP contribution in [0.3, 0.4) is 0 Å². The van der Waals surface area contributed by atoms with E-state index in [0.717, 1.165) is 6.42 Å². The first kappa shape index (κ1) is 9.53. The molecular weight excluding hydrogens is 170 g/mol. The summed E-state index contributed by atoms with van der Waals surface area (Å²) in [5.41, 5.74) is 1.56. The molecule has 1 heterocycles. The molecule has 0 saturated carbocycles. The normalized spacial score (nSPS) is 11.7. The Balaban J connectivity index is 2.71. The maximum Gasteiger partial charge on any atom is 0.129 e. The van der Waals surface area contributed by atoms with Crippen molar-refractivity contribution >= 4 is 11.6 Å². The fourth-order valence-corrected chi connectivity index (χ4v) is 1.24. The van der Waals surface area contributed by atoms with Crippen molar-refractivity contribution in [1.29, 1.82) is 0 Å². The van der Waals surface area contributed by atoms with Crippen LogP contribution in [0.15, 0.2) is 18.3 Å². The summed E-state index contributed by atoms with van der Waals surface area (Å²) in [6, 6.07) is 3.86. The molecule has 2 heteroatoms. The second-order valence-corrected chi connectivity index (χ2v) is 4.61. The molecule has 1 aromatic rings. The Kier molecular flexibility index (Phi) is 2.73. The summed E-state index contributed by atoms with van der Waals surface area (Å²) < 4.78 is 0. The molecule has 0 saturated heterocycles. The number of nitrogens with zero attached hydrogens (tertiary/aromatic N) is 1. The summed E-state index contributed by atoms with van der Waals surface area (Å²) in [5.74, 6) is 0. The summed E-state index contributed by atoms with van der Waals surface area (Å²) in [6.45, 7) is 6.63. The third-order valence-corrected chi connectivity index (χ3v) is 1.75. The lowest BCUT2D eigenvalue weighted by molar-refractivity contribution is 0.411. The third kappa shape index (κ3) is 3.22. The first-order valence-corrected chi connectivity index (χ1v) is 4.46. The Morgan fingerprint density at radius 2 is 2.00 bits per heavy atom. The van der Waals surface area contributed by atoms with E-state index in [-0.39, 0.29) is 0 Å². The van der Waals surface area contributed by atoms with E-state index in [4.69, 9.17) is 11.6 Å². The molecule has 66 valence electrons. The van der Waals surface area contributed by atoms with Crippen molar-refractivity contribution in [2.45, 2.75) is 27.2 Å². The number of halogens is 1. The molecule has 1 aromatic heterocycles. The standard InChI is InChI=1S/C10H14ClN/c1-10(2,3)6-8-4-5-9(11)12-7-8/h4-5,7H,6H2,1-3H3. The van der Waals surface area contributed by atoms with Crippen LogP contribution in [0.1, 0.15) is 26.3 Å². The van der Waals surface area contributed by atoms with Crippen LogP contribution in [-0.4, -0.2) is 4.98 Å². The van der Waals surface area contributed by atoms with Crippen molar-refractivity contribution in [3.8, 4) is 0 Å². The van der Waals surface area contributed by atoms with Gasteiger partial charge in [-0.3, -0.25) is 0 Å². The van der Waals surface area contributed by atoms with Gasteiger partial charge in [-0.05, 0) is 23.5 Å². The summed E-state index contributed by atoms with van der Waals surface area (Å²) in [7, 11) is 0. The second kappa shape index (κ2) is 3.44. The molecule has 0 amide bonds. The molecule has 0 atom stereocenters. The van der Waals surface area contributed by atoms with Crippen molar-refractivity contribution < 1.29 is 0 Å². The van der Waals surface area contributed by atoms with Crippen LogP contribution in [0.5, 0.6) is 0 Å². The number of aromatic nitrogens is 1. The predicted molar refractivity (Wildman–Crippen MR) is 52.4 cm³/mol. The summed E-state index contributed by atoms with van der Waals surface area (Å²) in [4.78, 5) is 4.03. The van der Waals surface area contributed by atoms with E-state index in [1.54, 1.807) is 0 Å². The van der Waals surface area contributed by atoms with Crippen LogP contribution in [0.4, 0.5) is 0 Å². The molecule has 0 aliphatic rings. The van der Waals surface area contributed by atoms with Crippen molar-refractivity contribution in [2.24, 2.45) is 5.41 Å². The van der Waals surface area contributed by atoms with Gasteiger partial charge >= 0.3 is 0 Å². The molecule has 0 aliphatic heterocycles. The van der Waals surface area contributed by atoms with Crippen molar-refractivity contribution in [1.82, 2.24) is 4.98 Å². The molecule has 0 N–H and O–H groups in total. The highest BCUT2D eigenvalue weighted by atomic mass is 35.5. The van der Waals surface area contributed by atoms with Gasteiger partial charge in [0.05, 0.1) is 0 Å². The van der Waals surface area contributed by atoms with Crippen molar-refractivity contribution in [3.05, 3.63) is 29.0 Å². The number of rotatable bonds is 1. The molecule has 0 fully saturated rings. The fraction of sp³-hybridized carbons (Fsp3) is 0.500. The van der Waals surface area contributed by atoms with Crippen LogP contribution >= 0.6 is 11.6 Å². The maximum atomic E-state index is 5.67. The monoisotopic (exact) mass is 183 g/mol. The van der Waals surface area contributed by atoms with E-state index in [1.165, 1.54) is 5.56 Å². The first-order valence-electron chi connectivity index (χ1n) is 4.08. The highest BCUT2D eigenvalue weighted by molar-refractivity contribution is 6.29. The van der Waals surface area contributed by atoms with Gasteiger partial charge in [0.1, 0.15) is 5.15 Å². The summed E-state index contributed by atoms with van der Waals surface area (Å²) in [5, 5.41) is 0.563. The molecule has 0 spiro atoms. The quantitative estimate of drug-likeness (QED) is 0.609. The zero-order valence-corrected chi connectivity index (χ0v) is 8.52. The summed E-state index contributed by atoms with van der Waals surface area (Å²) in [6.07, 6.45) is 2.88. The van der Waals surface area contributed by atoms with Gasteiger partial charge in [-0.25, -0.2) is 4.98 Å². The lowest BCUT2D eigenvalue weighted by atomic mass is 9.89. The average molecular weight is 184 g/mol. The Morgan fingerprint density at radius 3 is 2.42 bits per heavy atom. The van der Waals surface area contributed by atoms with Crippen LogP contribution in [0.2, 0.25) is 5.15 Å². The van der Waals surface area contributed by atoms with E-state index in [2.05, 4.69) is 25.8 Å². The molecule has 0 aliphatic carbocycles. The Morgan fingerprint density at radius 1 is 1.33 bits per heavy atom. The minimum Gasteiger partial charge on any atom is -0.244 e. The van der Waals surface area contributed by atoms with E-state index in [1.807, 2.05) is 18.3 Å². The van der Waals surface area contributed by atoms with E-state index in [0.29, 0.717) is 10.6 Å². The van der Waals surface area contributed by atoms with Crippen LogP contribution in [0.25, 0.3) is 0 Å². The maximum absolute atomic E-state index is 5.67. The molecular formula is C10H14ClN. The molecule has 0 bridgehead atoms. The van der Waals surface area contributed by atoms with Crippen LogP contribution < -0.4 is 0 Å². The van der Waals surface area contributed by atoms with Gasteiger partial charge in [-0.2, -0.15) is 0 Å². The minimum absolute atomic E-state index is 0.315. The smallest absolute Gasteiger partial charge is 0.129 e. The average Bonchev–Trinajstić information content (AvgIpc) is 1.91. The van der Waals surface area contributed by atoms with Gasteiger partial charge in [-0.15, -0.1) is 0 Å². The lowest BCUT2D eigenvalue weighted by Crippen LogP contribution is -2.09. The minimum atomic E-state index is 0.315. The van der Waals surface area contributed by atoms with E-state index < -0.39 is 0 Å². The number of hydrogen-bond acceptors (Lipinski definition) is 1. The first-order chi connectivity index (χ1) is 5.47. The van der Waals surface area contributed by atoms with Crippen molar-refractivity contribution in [3.63, 3.8) is 0 Å². The van der Waals surface area contributed by atoms with Gasteiger partial charge in [0.25, 0.3) is 0 Å². The topological polar surface area (TPSA) is 12.9 Å². The summed E-state index contributed by atoms with van der Waals surface area (Å²) >= 11 is 5.67.